The second-order valence-corrected chi connectivity index (χ2v) is 7.12. The van der Waals surface area contributed by atoms with Gasteiger partial charge in [-0.25, -0.2) is 9.78 Å². The highest BCUT2D eigenvalue weighted by Gasteiger charge is 2.25. The molecule has 1 rings (SSSR count). The van der Waals surface area contributed by atoms with Crippen molar-refractivity contribution in [1.82, 2.24) is 25.9 Å². The number of carbonyl (C=O) groups is 4. The van der Waals surface area contributed by atoms with Crippen molar-refractivity contribution in [2.75, 3.05) is 18.8 Å². The van der Waals surface area contributed by atoms with Gasteiger partial charge in [-0.3, -0.25) is 19.4 Å². The number of H-pyrrole nitrogens is 1. The number of imidazole rings is 1. The summed E-state index contributed by atoms with van der Waals surface area (Å²) in [5, 5.41) is 16.4. The Labute approximate surface area is 189 Å². The van der Waals surface area contributed by atoms with Crippen molar-refractivity contribution >= 4 is 42.3 Å². The molecule has 0 aromatic carbocycles. The van der Waals surface area contributed by atoms with Crippen LogP contribution in [0.2, 0.25) is 0 Å². The average molecular weight is 472 g/mol. The molecule has 0 aliphatic heterocycles. The molecular weight excluding hydrogens is 442 g/mol. The van der Waals surface area contributed by atoms with Gasteiger partial charge in [-0.1, -0.05) is 0 Å². The fourth-order valence-corrected chi connectivity index (χ4v) is 2.65. The van der Waals surface area contributed by atoms with Gasteiger partial charge in [-0.15, -0.1) is 0 Å². The van der Waals surface area contributed by atoms with Crippen LogP contribution in [-0.2, 0) is 25.6 Å². The van der Waals surface area contributed by atoms with Crippen LogP contribution in [0.4, 0.5) is 0 Å². The molecule has 0 saturated heterocycles. The average Bonchev–Trinajstić information content (AvgIpc) is 3.25. The Morgan fingerprint density at radius 1 is 1.19 bits per heavy atom. The molecule has 0 fully saturated rings. The number of guanidine groups is 1. The maximum Gasteiger partial charge on any atom is 0.326 e. The van der Waals surface area contributed by atoms with E-state index in [9.17, 15) is 24.3 Å². The third-order valence-electron chi connectivity index (χ3n) is 4.15. The molecule has 0 spiro atoms. The monoisotopic (exact) mass is 471 g/mol. The molecule has 1 aromatic heterocycles. The molecule has 0 aliphatic carbocycles. The van der Waals surface area contributed by atoms with Gasteiger partial charge in [-0.2, -0.15) is 12.6 Å². The molecule has 0 aliphatic rings. The van der Waals surface area contributed by atoms with E-state index in [-0.39, 0.29) is 31.1 Å². The number of carbonyl (C=O) groups excluding carboxylic acids is 3. The predicted octanol–water partition coefficient (Wildman–Crippen LogP) is -3.57. The van der Waals surface area contributed by atoms with Crippen LogP contribution in [0, 0.1) is 0 Å². The van der Waals surface area contributed by atoms with E-state index < -0.39 is 48.4 Å². The number of carboxylic acids is 1. The Kier molecular flexibility index (Phi) is 11.6. The quantitative estimate of drug-likeness (QED) is 0.0563. The number of nitrogens with zero attached hydrogens (tertiary/aromatic N) is 2. The Morgan fingerprint density at radius 2 is 1.91 bits per heavy atom. The SMILES string of the molecule is NC(N)=NCCCC(NC(=O)CNC(=O)C(Cc1cnc[nH]1)NC(=O)C(N)CS)C(=O)O. The van der Waals surface area contributed by atoms with Gasteiger partial charge in [0.1, 0.15) is 12.1 Å². The number of aromatic nitrogens is 2. The van der Waals surface area contributed by atoms with E-state index in [4.69, 9.17) is 17.2 Å². The topological polar surface area (TPSA) is 244 Å². The van der Waals surface area contributed by atoms with Gasteiger partial charge in [0.15, 0.2) is 5.96 Å². The first kappa shape index (κ1) is 26.7. The summed E-state index contributed by atoms with van der Waals surface area (Å²) in [6.45, 7) is -0.285. The zero-order valence-corrected chi connectivity index (χ0v) is 18.2. The third-order valence-corrected chi connectivity index (χ3v) is 4.54. The molecule has 3 amide bonds. The fourth-order valence-electron chi connectivity index (χ4n) is 2.48. The molecule has 178 valence electrons. The fraction of sp³-hybridized carbons (Fsp3) is 0.529. The lowest BCUT2D eigenvalue weighted by molar-refractivity contribution is -0.142. The first-order chi connectivity index (χ1) is 15.1. The number of hydrogen-bond donors (Lipinski definition) is 9. The maximum absolute atomic E-state index is 12.6. The number of aliphatic carboxylic acids is 1. The minimum absolute atomic E-state index is 0.0705. The number of thiol groups is 1. The highest BCUT2D eigenvalue weighted by atomic mass is 32.1. The lowest BCUT2D eigenvalue weighted by atomic mass is 10.1. The van der Waals surface area contributed by atoms with Gasteiger partial charge >= 0.3 is 5.97 Å². The number of nitrogens with one attached hydrogen (secondary N) is 4. The molecule has 15 heteroatoms. The van der Waals surface area contributed by atoms with Crippen LogP contribution >= 0.6 is 12.6 Å². The van der Waals surface area contributed by atoms with E-state index in [1.807, 2.05) is 0 Å². The summed E-state index contributed by atoms with van der Waals surface area (Å²) in [7, 11) is 0. The van der Waals surface area contributed by atoms with Crippen LogP contribution in [0.25, 0.3) is 0 Å². The molecule has 11 N–H and O–H groups in total. The smallest absolute Gasteiger partial charge is 0.326 e. The summed E-state index contributed by atoms with van der Waals surface area (Å²) in [5.41, 5.74) is 16.6. The number of aliphatic imine (C=N–C) groups is 1. The lowest BCUT2D eigenvalue weighted by Crippen LogP contribution is -2.54. The van der Waals surface area contributed by atoms with Crippen LogP contribution in [0.5, 0.6) is 0 Å². The maximum atomic E-state index is 12.6. The minimum atomic E-state index is -1.24. The van der Waals surface area contributed by atoms with Gasteiger partial charge in [0.25, 0.3) is 0 Å². The Morgan fingerprint density at radius 3 is 2.47 bits per heavy atom. The largest absolute Gasteiger partial charge is 0.480 e. The first-order valence-corrected chi connectivity index (χ1v) is 10.3. The van der Waals surface area contributed by atoms with Crippen LogP contribution in [0.15, 0.2) is 17.5 Å². The molecular formula is C17H29N9O5S. The van der Waals surface area contributed by atoms with Gasteiger partial charge in [0.05, 0.1) is 18.9 Å². The molecule has 1 heterocycles. The Balaban J connectivity index is 2.64. The summed E-state index contributed by atoms with van der Waals surface area (Å²) < 4.78 is 0. The molecule has 14 nitrogen and oxygen atoms in total. The Hall–Kier alpha value is -3.33. The molecule has 32 heavy (non-hydrogen) atoms. The molecule has 0 bridgehead atoms. The number of nitrogens with two attached hydrogens (primary N) is 3. The lowest BCUT2D eigenvalue weighted by Gasteiger charge is -2.20. The molecule has 3 atom stereocenters. The number of amides is 3. The van der Waals surface area contributed by atoms with Gasteiger partial charge < -0.3 is 43.2 Å². The molecule has 3 unspecified atom stereocenters. The molecule has 0 saturated carbocycles. The van der Waals surface area contributed by atoms with E-state index in [2.05, 4.69) is 43.5 Å². The van der Waals surface area contributed by atoms with Crippen molar-refractivity contribution in [3.63, 3.8) is 0 Å². The Bertz CT molecular complexity index is 798. The number of aromatic amines is 1. The second kappa shape index (κ2) is 13.9. The van der Waals surface area contributed by atoms with Crippen molar-refractivity contribution < 1.29 is 24.3 Å². The number of hydrogen-bond acceptors (Lipinski definition) is 8. The molecule has 0 radical (unpaired) electrons. The van der Waals surface area contributed by atoms with Crippen molar-refractivity contribution in [3.05, 3.63) is 18.2 Å². The van der Waals surface area contributed by atoms with Gasteiger partial charge in [0, 0.05) is 30.6 Å². The van der Waals surface area contributed by atoms with Crippen LogP contribution in [0.3, 0.4) is 0 Å². The van der Waals surface area contributed by atoms with E-state index >= 15 is 0 Å². The second-order valence-electron chi connectivity index (χ2n) is 6.76. The molecule has 1 aromatic rings. The van der Waals surface area contributed by atoms with E-state index in [1.165, 1.54) is 12.5 Å². The third kappa shape index (κ3) is 10.1. The first-order valence-electron chi connectivity index (χ1n) is 9.63. The summed E-state index contributed by atoms with van der Waals surface area (Å²) >= 11 is 3.95. The van der Waals surface area contributed by atoms with E-state index in [0.717, 1.165) is 0 Å². The number of carboxylic acid groups (broad SMARTS) is 1. The summed E-state index contributed by atoms with van der Waals surface area (Å²) in [5.74, 6) is -3.24. The zero-order chi connectivity index (χ0) is 24.1. The number of rotatable bonds is 14. The van der Waals surface area contributed by atoms with Gasteiger partial charge in [0.2, 0.25) is 17.7 Å². The highest BCUT2D eigenvalue weighted by molar-refractivity contribution is 7.80. The summed E-state index contributed by atoms with van der Waals surface area (Å²) in [4.78, 5) is 58.5. The van der Waals surface area contributed by atoms with E-state index in [0.29, 0.717) is 12.1 Å². The van der Waals surface area contributed by atoms with Crippen LogP contribution < -0.4 is 33.2 Å². The summed E-state index contributed by atoms with van der Waals surface area (Å²) in [6.07, 6.45) is 3.38. The summed E-state index contributed by atoms with van der Waals surface area (Å²) in [6, 6.07) is -3.15. The van der Waals surface area contributed by atoms with Crippen LogP contribution in [-0.4, -0.2) is 81.7 Å². The normalized spacial score (nSPS) is 13.3. The predicted molar refractivity (Wildman–Crippen MR) is 119 cm³/mol. The zero-order valence-electron chi connectivity index (χ0n) is 17.3. The van der Waals surface area contributed by atoms with Crippen LogP contribution in [0.1, 0.15) is 18.5 Å². The standard InChI is InChI=1S/C17H29N9O5S/c18-10(7-32)14(28)26-12(4-9-5-21-8-24-9)15(29)23-6-13(27)25-11(16(30)31)2-1-3-22-17(19)20/h5,8,10-12,32H,1-4,6-7,18H2,(H,21,24)(H,23,29)(H,25,27)(H,26,28)(H,30,31)(H4,19,20,22). The van der Waals surface area contributed by atoms with E-state index in [1.54, 1.807) is 0 Å². The minimum Gasteiger partial charge on any atom is -0.480 e. The van der Waals surface area contributed by atoms with Crippen molar-refractivity contribution in [2.45, 2.75) is 37.4 Å². The highest BCUT2D eigenvalue weighted by Crippen LogP contribution is 2.01. The van der Waals surface area contributed by atoms with Crippen molar-refractivity contribution in [1.29, 1.82) is 0 Å². The van der Waals surface area contributed by atoms with Crippen molar-refractivity contribution in [2.24, 2.45) is 22.2 Å². The van der Waals surface area contributed by atoms with Gasteiger partial charge in [-0.05, 0) is 12.8 Å². The van der Waals surface area contributed by atoms with Crippen molar-refractivity contribution in [3.8, 4) is 0 Å².